The van der Waals surface area contributed by atoms with Gasteiger partial charge in [-0.05, 0) is 42.7 Å². The van der Waals surface area contributed by atoms with Gasteiger partial charge < -0.3 is 9.52 Å². The normalized spacial score (nSPS) is 11.3. The standard InChI is InChI=1S/C22H20O4/c1-2-3-9-17-19(12-10-15-7-5-4-6-8-15)26-20-13-11-16(22(24)25)14-18(20)21(17)23/h4-8,10-14H,2-3,9H2,1H3,(H,24,25). The molecule has 1 heterocycles. The predicted molar refractivity (Wildman–Crippen MR) is 103 cm³/mol. The maximum Gasteiger partial charge on any atom is 0.335 e. The average molecular weight is 348 g/mol. The van der Waals surface area contributed by atoms with Crippen molar-refractivity contribution in [3.05, 3.63) is 81.2 Å². The van der Waals surface area contributed by atoms with Crippen LogP contribution in [0, 0.1) is 0 Å². The number of aromatic carboxylic acids is 1. The summed E-state index contributed by atoms with van der Waals surface area (Å²) in [6, 6.07) is 14.2. The van der Waals surface area contributed by atoms with Crippen molar-refractivity contribution in [2.45, 2.75) is 26.2 Å². The van der Waals surface area contributed by atoms with Gasteiger partial charge in [0.2, 0.25) is 0 Å². The van der Waals surface area contributed by atoms with Crippen molar-refractivity contribution in [1.82, 2.24) is 0 Å². The summed E-state index contributed by atoms with van der Waals surface area (Å²) in [5.74, 6) is -0.530. The number of benzene rings is 2. The summed E-state index contributed by atoms with van der Waals surface area (Å²) in [6.45, 7) is 2.06. The largest absolute Gasteiger partial charge is 0.478 e. The van der Waals surface area contributed by atoms with Crippen molar-refractivity contribution in [1.29, 1.82) is 0 Å². The van der Waals surface area contributed by atoms with Crippen LogP contribution in [0.5, 0.6) is 0 Å². The number of carboxylic acid groups (broad SMARTS) is 1. The molecule has 0 unspecified atom stereocenters. The van der Waals surface area contributed by atoms with E-state index in [2.05, 4.69) is 6.92 Å². The smallest absolute Gasteiger partial charge is 0.335 e. The van der Waals surface area contributed by atoms with Crippen LogP contribution in [0.1, 0.15) is 47.0 Å². The van der Waals surface area contributed by atoms with E-state index in [0.29, 0.717) is 28.7 Å². The molecule has 132 valence electrons. The van der Waals surface area contributed by atoms with Crippen LogP contribution in [0.2, 0.25) is 0 Å². The van der Waals surface area contributed by atoms with E-state index in [9.17, 15) is 9.59 Å². The molecule has 0 saturated carbocycles. The molecule has 4 nitrogen and oxygen atoms in total. The fraction of sp³-hybridized carbons (Fsp3) is 0.182. The van der Waals surface area contributed by atoms with E-state index in [1.807, 2.05) is 42.5 Å². The molecule has 3 aromatic rings. The Balaban J connectivity index is 2.14. The van der Waals surface area contributed by atoms with Crippen molar-refractivity contribution in [3.8, 4) is 0 Å². The Bertz CT molecular complexity index is 1010. The molecule has 0 aliphatic carbocycles. The summed E-state index contributed by atoms with van der Waals surface area (Å²) in [5.41, 5.74) is 1.93. The monoisotopic (exact) mass is 348 g/mol. The van der Waals surface area contributed by atoms with Gasteiger partial charge in [0.15, 0.2) is 5.43 Å². The van der Waals surface area contributed by atoms with Crippen molar-refractivity contribution >= 4 is 29.1 Å². The van der Waals surface area contributed by atoms with E-state index in [1.54, 1.807) is 6.07 Å². The molecule has 0 bridgehead atoms. The second-order valence-electron chi connectivity index (χ2n) is 6.14. The summed E-state index contributed by atoms with van der Waals surface area (Å²) < 4.78 is 5.95. The molecule has 0 aliphatic heterocycles. The van der Waals surface area contributed by atoms with Crippen LogP contribution in [0.4, 0.5) is 0 Å². The number of unbranched alkanes of at least 4 members (excludes halogenated alkanes) is 1. The molecule has 26 heavy (non-hydrogen) atoms. The average Bonchev–Trinajstić information content (AvgIpc) is 2.66. The van der Waals surface area contributed by atoms with Crippen LogP contribution in [0.15, 0.2) is 57.7 Å². The highest BCUT2D eigenvalue weighted by molar-refractivity contribution is 5.93. The highest BCUT2D eigenvalue weighted by atomic mass is 16.4. The van der Waals surface area contributed by atoms with Crippen molar-refractivity contribution in [2.24, 2.45) is 0 Å². The Hall–Kier alpha value is -3.14. The number of hydrogen-bond donors (Lipinski definition) is 1. The quantitative estimate of drug-likeness (QED) is 0.680. The molecular weight excluding hydrogens is 328 g/mol. The van der Waals surface area contributed by atoms with Gasteiger partial charge in [0.1, 0.15) is 11.3 Å². The molecule has 3 rings (SSSR count). The third-order valence-electron chi connectivity index (χ3n) is 4.27. The van der Waals surface area contributed by atoms with E-state index in [-0.39, 0.29) is 11.0 Å². The maximum atomic E-state index is 13.0. The molecule has 0 spiro atoms. The van der Waals surface area contributed by atoms with E-state index in [1.165, 1.54) is 12.1 Å². The van der Waals surface area contributed by atoms with Crippen LogP contribution in [0.25, 0.3) is 23.1 Å². The number of carboxylic acids is 1. The Morgan fingerprint density at radius 2 is 1.88 bits per heavy atom. The van der Waals surface area contributed by atoms with Crippen molar-refractivity contribution < 1.29 is 14.3 Å². The molecule has 0 fully saturated rings. The first-order valence-electron chi connectivity index (χ1n) is 8.66. The molecule has 4 heteroatoms. The van der Waals surface area contributed by atoms with Crippen LogP contribution in [-0.2, 0) is 6.42 Å². The lowest BCUT2D eigenvalue weighted by Crippen LogP contribution is -2.12. The molecule has 0 saturated heterocycles. The van der Waals surface area contributed by atoms with Gasteiger partial charge in [-0.3, -0.25) is 4.79 Å². The van der Waals surface area contributed by atoms with Crippen molar-refractivity contribution in [3.63, 3.8) is 0 Å². The fourth-order valence-electron chi connectivity index (χ4n) is 2.84. The molecule has 2 aromatic carbocycles. The van der Waals surface area contributed by atoms with Crippen LogP contribution < -0.4 is 5.43 Å². The molecule has 0 atom stereocenters. The zero-order chi connectivity index (χ0) is 18.5. The molecule has 0 amide bonds. The highest BCUT2D eigenvalue weighted by Gasteiger charge is 2.14. The first kappa shape index (κ1) is 17.7. The summed E-state index contributed by atoms with van der Waals surface area (Å²) in [7, 11) is 0. The Labute approximate surface area is 151 Å². The number of hydrogen-bond acceptors (Lipinski definition) is 3. The minimum Gasteiger partial charge on any atom is -0.478 e. The van der Waals surface area contributed by atoms with E-state index < -0.39 is 5.97 Å². The number of rotatable bonds is 6. The van der Waals surface area contributed by atoms with Gasteiger partial charge in [-0.1, -0.05) is 49.8 Å². The molecule has 0 aliphatic rings. The van der Waals surface area contributed by atoms with Gasteiger partial charge in [-0.15, -0.1) is 0 Å². The first-order chi connectivity index (χ1) is 12.6. The van der Waals surface area contributed by atoms with Crippen LogP contribution >= 0.6 is 0 Å². The lowest BCUT2D eigenvalue weighted by atomic mass is 10.0. The number of carbonyl (C=O) groups is 1. The van der Waals surface area contributed by atoms with E-state index in [4.69, 9.17) is 9.52 Å². The van der Waals surface area contributed by atoms with Gasteiger partial charge in [0.05, 0.1) is 10.9 Å². The lowest BCUT2D eigenvalue weighted by molar-refractivity contribution is 0.0697. The predicted octanol–water partition coefficient (Wildman–Crippen LogP) is 5.00. The van der Waals surface area contributed by atoms with Gasteiger partial charge in [0, 0.05) is 5.56 Å². The Morgan fingerprint density at radius 3 is 2.58 bits per heavy atom. The third kappa shape index (κ3) is 3.75. The third-order valence-corrected chi connectivity index (χ3v) is 4.27. The summed E-state index contributed by atoms with van der Waals surface area (Å²) >= 11 is 0. The van der Waals surface area contributed by atoms with Crippen LogP contribution in [-0.4, -0.2) is 11.1 Å². The summed E-state index contributed by atoms with van der Waals surface area (Å²) in [4.78, 5) is 24.1. The second-order valence-corrected chi connectivity index (χ2v) is 6.14. The minimum absolute atomic E-state index is 0.0822. The molecule has 1 N–H and O–H groups in total. The van der Waals surface area contributed by atoms with E-state index >= 15 is 0 Å². The molecule has 1 aromatic heterocycles. The minimum atomic E-state index is -1.06. The van der Waals surface area contributed by atoms with Gasteiger partial charge in [-0.2, -0.15) is 0 Å². The Kier molecular flexibility index (Phi) is 5.32. The Morgan fingerprint density at radius 1 is 1.12 bits per heavy atom. The number of fused-ring (bicyclic) bond motifs is 1. The van der Waals surface area contributed by atoms with Gasteiger partial charge in [0.25, 0.3) is 0 Å². The topological polar surface area (TPSA) is 67.5 Å². The molecule has 0 radical (unpaired) electrons. The molecular formula is C22H20O4. The van der Waals surface area contributed by atoms with E-state index in [0.717, 1.165) is 18.4 Å². The maximum absolute atomic E-state index is 13.0. The lowest BCUT2D eigenvalue weighted by Gasteiger charge is -2.07. The second kappa shape index (κ2) is 7.83. The van der Waals surface area contributed by atoms with Crippen LogP contribution in [0.3, 0.4) is 0 Å². The SMILES string of the molecule is CCCCc1c(C=Cc2ccccc2)oc2ccc(C(=O)O)cc2c1=O. The fourth-order valence-corrected chi connectivity index (χ4v) is 2.84. The summed E-state index contributed by atoms with van der Waals surface area (Å²) in [6.07, 6.45) is 6.13. The zero-order valence-electron chi connectivity index (χ0n) is 14.6. The summed E-state index contributed by atoms with van der Waals surface area (Å²) in [5, 5.41) is 9.48. The van der Waals surface area contributed by atoms with Crippen molar-refractivity contribution in [2.75, 3.05) is 0 Å². The van der Waals surface area contributed by atoms with Gasteiger partial charge >= 0.3 is 5.97 Å². The zero-order valence-corrected chi connectivity index (χ0v) is 14.6. The van der Waals surface area contributed by atoms with Gasteiger partial charge in [-0.25, -0.2) is 4.79 Å². The first-order valence-corrected chi connectivity index (χ1v) is 8.66. The highest BCUT2D eigenvalue weighted by Crippen LogP contribution is 2.21.